The van der Waals surface area contributed by atoms with Crippen LogP contribution in [-0.2, 0) is 0 Å². The molecule has 0 aliphatic carbocycles. The fourth-order valence-electron chi connectivity index (χ4n) is 14.7. The van der Waals surface area contributed by atoms with Crippen LogP contribution in [0.4, 0.5) is 0 Å². The number of rotatable bonds is 5. The van der Waals surface area contributed by atoms with Crippen LogP contribution in [0, 0.1) is 22.7 Å². The van der Waals surface area contributed by atoms with Crippen LogP contribution in [0.2, 0.25) is 0 Å². The number of nitrogens with zero attached hydrogens (tertiary/aromatic N) is 5. The van der Waals surface area contributed by atoms with Crippen LogP contribution in [0.3, 0.4) is 0 Å². The molecule has 0 atom stereocenters. The Bertz CT molecular complexity index is 6270. The van der Waals surface area contributed by atoms with Crippen molar-refractivity contribution in [3.63, 3.8) is 0 Å². The van der Waals surface area contributed by atoms with Crippen LogP contribution in [0.1, 0.15) is 11.1 Å². The number of fused-ring (bicyclic) bond motifs is 18. The van der Waals surface area contributed by atoms with Gasteiger partial charge in [-0.3, -0.25) is 0 Å². The highest BCUT2D eigenvalue weighted by molar-refractivity contribution is 6.24. The summed E-state index contributed by atoms with van der Waals surface area (Å²) in [6.07, 6.45) is 0. The number of nitriles is 2. The maximum atomic E-state index is 9.60. The second kappa shape index (κ2) is 21.5. The summed E-state index contributed by atoms with van der Waals surface area (Å²) in [5, 5.41) is 40.1. The van der Waals surface area contributed by atoms with Crippen molar-refractivity contribution in [2.45, 2.75) is 0 Å². The number of aromatic nitrogens is 3. The summed E-state index contributed by atoms with van der Waals surface area (Å²) in [6, 6.07) is 114. The van der Waals surface area contributed by atoms with E-state index < -0.39 is 0 Å². The van der Waals surface area contributed by atoms with Crippen LogP contribution < -0.4 is 0 Å². The molecule has 428 valence electrons. The maximum Gasteiger partial charge on any atom is 0.0991 e. The number of para-hydroxylation sites is 1. The topological polar surface area (TPSA) is 78.3 Å². The third-order valence-corrected chi connectivity index (χ3v) is 19.0. The predicted molar refractivity (Wildman–Crippen MR) is 389 cm³/mol. The third-order valence-electron chi connectivity index (χ3n) is 19.0. The van der Waals surface area contributed by atoms with Gasteiger partial charge in [-0.1, -0.05) is 237 Å². The largest absolute Gasteiger partial charge is 0.309 e. The lowest BCUT2D eigenvalue weighted by Crippen LogP contribution is -1.96. The van der Waals surface area contributed by atoms with Crippen molar-refractivity contribution in [1.82, 2.24) is 14.5 Å². The smallest absolute Gasteiger partial charge is 0.0991 e. The Kier molecular flexibility index (Phi) is 12.3. The zero-order valence-corrected chi connectivity index (χ0v) is 50.2. The molecule has 0 aliphatic heterocycles. The maximum absolute atomic E-state index is 9.60. The molecule has 3 heterocycles. The molecule has 5 nitrogen and oxygen atoms in total. The summed E-state index contributed by atoms with van der Waals surface area (Å²) < 4.78 is 2.31. The molecule has 5 heteroatoms. The second-order valence-corrected chi connectivity index (χ2v) is 24.1. The quantitative estimate of drug-likeness (QED) is 0.127. The normalized spacial score (nSPS) is 11.6. The standard InChI is InChI=1S/C48H28N2.C40H23N3/c49-29-30-17-19-31(20-18-30)35-25-36(45-28-34-11-3-4-12-38(34)41-15-7-8-16-42(41)45)27-37(26-35)46-43-23-21-32-9-1-5-13-39(32)47(43)50-48-40-14-6-2-10-33(40)22-24-44(46)48;41-24-25-16-21-37-35(22-25)32-14-5-6-15-36(32)43(37)29-11-7-10-28(23-29)38-33-19-17-26-8-1-3-12-30(26)39(33)42-40-31-13-4-2-9-27(31)18-20-34(38)40/h1-28H;1-23H. The van der Waals surface area contributed by atoms with Crippen LogP contribution in [-0.4, -0.2) is 14.5 Å². The van der Waals surface area contributed by atoms with E-state index in [0.29, 0.717) is 11.1 Å². The second-order valence-electron chi connectivity index (χ2n) is 24.1. The van der Waals surface area contributed by atoms with Gasteiger partial charge in [-0.05, 0) is 149 Å². The first-order valence-corrected chi connectivity index (χ1v) is 31.4. The van der Waals surface area contributed by atoms with Crippen LogP contribution in [0.25, 0.3) is 180 Å². The Morgan fingerprint density at radius 3 is 1.22 bits per heavy atom. The van der Waals surface area contributed by atoms with E-state index >= 15 is 0 Å². The Morgan fingerprint density at radius 2 is 0.667 bits per heavy atom. The first kappa shape index (κ1) is 53.2. The zero-order valence-electron chi connectivity index (χ0n) is 50.2. The summed E-state index contributed by atoms with van der Waals surface area (Å²) in [7, 11) is 0. The minimum absolute atomic E-state index is 0.649. The molecule has 19 rings (SSSR count). The minimum Gasteiger partial charge on any atom is -0.309 e. The molecule has 0 radical (unpaired) electrons. The van der Waals surface area contributed by atoms with Crippen molar-refractivity contribution in [3.05, 3.63) is 321 Å². The summed E-state index contributed by atoms with van der Waals surface area (Å²) in [5.41, 5.74) is 17.7. The van der Waals surface area contributed by atoms with Crippen molar-refractivity contribution >= 4 is 130 Å². The first-order chi connectivity index (χ1) is 46.0. The lowest BCUT2D eigenvalue weighted by molar-refractivity contribution is 1.18. The van der Waals surface area contributed by atoms with Crippen LogP contribution >= 0.6 is 0 Å². The predicted octanol–water partition coefficient (Wildman–Crippen LogP) is 23.2. The Hall–Kier alpha value is -12.8. The molecule has 3 aromatic heterocycles. The molecular weight excluding hydrogens is 1130 g/mol. The average molecular weight is 1180 g/mol. The monoisotopic (exact) mass is 1180 g/mol. The van der Waals surface area contributed by atoms with Crippen molar-refractivity contribution < 1.29 is 0 Å². The SMILES string of the molecule is N#Cc1ccc(-c2cc(-c3cc4ccccc4c4ccccc34)cc(-c3c4ccc5ccccc5c4nc4c3ccc3ccccc34)c2)cc1.N#Cc1ccc2c(c1)c1ccccc1n2-c1cccc(-c2c3ccc4ccccc4c3nc3c2ccc2ccccc23)c1. The third kappa shape index (κ3) is 8.68. The highest BCUT2D eigenvalue weighted by atomic mass is 15.0. The summed E-state index contributed by atoms with van der Waals surface area (Å²) in [4.78, 5) is 10.8. The van der Waals surface area contributed by atoms with E-state index in [2.05, 4.69) is 302 Å². The van der Waals surface area contributed by atoms with E-state index in [1.54, 1.807) is 0 Å². The molecule has 0 amide bonds. The van der Waals surface area contributed by atoms with E-state index in [-0.39, 0.29) is 0 Å². The fraction of sp³-hybridized carbons (Fsp3) is 0. The van der Waals surface area contributed by atoms with Crippen molar-refractivity contribution in [2.24, 2.45) is 0 Å². The van der Waals surface area contributed by atoms with Gasteiger partial charge >= 0.3 is 0 Å². The molecule has 0 saturated heterocycles. The van der Waals surface area contributed by atoms with Crippen molar-refractivity contribution in [2.75, 3.05) is 0 Å². The molecule has 0 bridgehead atoms. The van der Waals surface area contributed by atoms with E-state index in [1.165, 1.54) is 59.8 Å². The van der Waals surface area contributed by atoms with Gasteiger partial charge in [0.15, 0.2) is 0 Å². The highest BCUT2D eigenvalue weighted by Gasteiger charge is 2.21. The Morgan fingerprint density at radius 1 is 0.237 bits per heavy atom. The average Bonchev–Trinajstić information content (AvgIpc) is 0.942. The van der Waals surface area contributed by atoms with Crippen molar-refractivity contribution in [3.8, 4) is 62.3 Å². The molecular formula is C88H51N5. The summed E-state index contributed by atoms with van der Waals surface area (Å²) >= 11 is 0. The van der Waals surface area contributed by atoms with Gasteiger partial charge in [-0.15, -0.1) is 0 Å². The van der Waals surface area contributed by atoms with Gasteiger partial charge in [0.1, 0.15) is 0 Å². The van der Waals surface area contributed by atoms with Gasteiger partial charge in [0.2, 0.25) is 0 Å². The van der Waals surface area contributed by atoms with E-state index in [4.69, 9.17) is 9.97 Å². The van der Waals surface area contributed by atoms with Gasteiger partial charge in [0.05, 0.1) is 56.4 Å². The molecule has 0 unspecified atom stereocenters. The minimum atomic E-state index is 0.649. The van der Waals surface area contributed by atoms with Gasteiger partial charge in [0, 0.05) is 70.7 Å². The van der Waals surface area contributed by atoms with E-state index in [1.807, 2.05) is 24.3 Å². The van der Waals surface area contributed by atoms with Crippen LogP contribution in [0.5, 0.6) is 0 Å². The van der Waals surface area contributed by atoms with Gasteiger partial charge < -0.3 is 4.57 Å². The first-order valence-electron chi connectivity index (χ1n) is 31.4. The molecule has 93 heavy (non-hydrogen) atoms. The lowest BCUT2D eigenvalue weighted by Gasteiger charge is -2.18. The van der Waals surface area contributed by atoms with E-state index in [9.17, 15) is 10.5 Å². The Labute approximate surface area is 534 Å². The highest BCUT2D eigenvalue weighted by Crippen LogP contribution is 2.46. The zero-order chi connectivity index (χ0) is 61.7. The van der Waals surface area contributed by atoms with Gasteiger partial charge in [-0.25, -0.2) is 9.97 Å². The van der Waals surface area contributed by atoms with Gasteiger partial charge in [0.25, 0.3) is 0 Å². The Balaban J connectivity index is 0.000000138. The summed E-state index contributed by atoms with van der Waals surface area (Å²) in [6.45, 7) is 0. The molecule has 0 saturated carbocycles. The van der Waals surface area contributed by atoms with Crippen molar-refractivity contribution in [1.29, 1.82) is 10.5 Å². The van der Waals surface area contributed by atoms with Crippen LogP contribution in [0.15, 0.2) is 309 Å². The molecule has 16 aromatic carbocycles. The molecule has 0 fully saturated rings. The number of hydrogen-bond acceptors (Lipinski definition) is 4. The van der Waals surface area contributed by atoms with E-state index in [0.717, 1.165) is 120 Å². The molecule has 0 N–H and O–H groups in total. The summed E-state index contributed by atoms with van der Waals surface area (Å²) in [5.74, 6) is 0. The number of hydrogen-bond donors (Lipinski definition) is 0. The van der Waals surface area contributed by atoms with Gasteiger partial charge in [-0.2, -0.15) is 10.5 Å². The molecule has 0 aliphatic rings. The molecule has 0 spiro atoms. The fourth-order valence-corrected chi connectivity index (χ4v) is 14.7. The number of pyridine rings is 2. The molecule has 19 aromatic rings. The lowest BCUT2D eigenvalue weighted by atomic mass is 9.87. The number of benzene rings is 16.